The first kappa shape index (κ1) is 13.4. The van der Waals surface area contributed by atoms with Gasteiger partial charge in [-0.2, -0.15) is 0 Å². The average molecular weight is 247 g/mol. The molecule has 1 N–H and O–H groups in total. The fourth-order valence-corrected chi connectivity index (χ4v) is 2.92. The van der Waals surface area contributed by atoms with Gasteiger partial charge >= 0.3 is 0 Å². The van der Waals surface area contributed by atoms with Crippen molar-refractivity contribution in [3.63, 3.8) is 0 Å². The van der Waals surface area contributed by atoms with E-state index in [4.69, 9.17) is 0 Å². The highest BCUT2D eigenvalue weighted by Crippen LogP contribution is 2.31. The summed E-state index contributed by atoms with van der Waals surface area (Å²) in [4.78, 5) is 2.18. The SMILES string of the molecule is CCCN(c1cccc2c1CCCC2)[C@H](O)CC. The highest BCUT2D eigenvalue weighted by Gasteiger charge is 2.20. The predicted octanol–water partition coefficient (Wildman–Crippen LogP) is 3.51. The van der Waals surface area contributed by atoms with Gasteiger partial charge in [0.2, 0.25) is 0 Å². The van der Waals surface area contributed by atoms with Gasteiger partial charge < -0.3 is 10.0 Å². The molecule has 0 fully saturated rings. The molecule has 1 aliphatic rings. The predicted molar refractivity (Wildman–Crippen MR) is 77.0 cm³/mol. The summed E-state index contributed by atoms with van der Waals surface area (Å²) in [5.41, 5.74) is 4.23. The Morgan fingerprint density at radius 2 is 2.00 bits per heavy atom. The molecule has 1 aliphatic carbocycles. The lowest BCUT2D eigenvalue weighted by atomic mass is 9.90. The van der Waals surface area contributed by atoms with Gasteiger partial charge in [0, 0.05) is 12.2 Å². The van der Waals surface area contributed by atoms with Gasteiger partial charge in [-0.05, 0) is 55.7 Å². The zero-order chi connectivity index (χ0) is 13.0. The number of rotatable bonds is 5. The number of anilines is 1. The topological polar surface area (TPSA) is 23.5 Å². The molecule has 0 saturated heterocycles. The Labute approximate surface area is 111 Å². The molecule has 0 saturated carbocycles. The van der Waals surface area contributed by atoms with Crippen molar-refractivity contribution in [2.24, 2.45) is 0 Å². The number of hydrogen-bond donors (Lipinski definition) is 1. The molecule has 2 heteroatoms. The third kappa shape index (κ3) is 2.69. The van der Waals surface area contributed by atoms with Gasteiger partial charge in [-0.3, -0.25) is 0 Å². The van der Waals surface area contributed by atoms with E-state index in [1.807, 2.05) is 6.92 Å². The lowest BCUT2D eigenvalue weighted by Crippen LogP contribution is -2.36. The maximum atomic E-state index is 10.2. The maximum absolute atomic E-state index is 10.2. The van der Waals surface area contributed by atoms with Crippen LogP contribution in [0.25, 0.3) is 0 Å². The van der Waals surface area contributed by atoms with Gasteiger partial charge in [0.1, 0.15) is 6.23 Å². The Hall–Kier alpha value is -1.02. The van der Waals surface area contributed by atoms with Gasteiger partial charge in [-0.15, -0.1) is 0 Å². The largest absolute Gasteiger partial charge is 0.374 e. The smallest absolute Gasteiger partial charge is 0.126 e. The van der Waals surface area contributed by atoms with Crippen molar-refractivity contribution in [1.29, 1.82) is 0 Å². The van der Waals surface area contributed by atoms with Crippen molar-refractivity contribution in [2.75, 3.05) is 11.4 Å². The van der Waals surface area contributed by atoms with Gasteiger partial charge in [-0.25, -0.2) is 0 Å². The van der Waals surface area contributed by atoms with Crippen LogP contribution in [-0.4, -0.2) is 17.9 Å². The Balaban J connectivity index is 2.34. The number of aryl methyl sites for hydroxylation is 1. The summed E-state index contributed by atoms with van der Waals surface area (Å²) in [6.07, 6.45) is 6.46. The second-order valence-corrected chi connectivity index (χ2v) is 5.20. The number of nitrogens with zero attached hydrogens (tertiary/aromatic N) is 1. The second-order valence-electron chi connectivity index (χ2n) is 5.20. The lowest BCUT2D eigenvalue weighted by molar-refractivity contribution is 0.164. The van der Waals surface area contributed by atoms with Crippen molar-refractivity contribution < 1.29 is 5.11 Å². The monoisotopic (exact) mass is 247 g/mol. The Kier molecular flexibility index (Phi) is 4.65. The standard InChI is InChI=1S/C16H25NO/c1-3-12-17(16(18)4-2)15-11-7-9-13-8-5-6-10-14(13)15/h7,9,11,16,18H,3-6,8,10,12H2,1-2H3/t16-/m1/s1. The molecular formula is C16H25NO. The highest BCUT2D eigenvalue weighted by atomic mass is 16.3. The Bertz CT molecular complexity index is 389. The second kappa shape index (κ2) is 6.24. The van der Waals surface area contributed by atoms with Gasteiger partial charge in [-0.1, -0.05) is 26.0 Å². The van der Waals surface area contributed by atoms with Crippen molar-refractivity contribution >= 4 is 5.69 Å². The molecule has 0 spiro atoms. The number of hydrogen-bond acceptors (Lipinski definition) is 2. The zero-order valence-electron chi connectivity index (χ0n) is 11.7. The van der Waals surface area contributed by atoms with E-state index in [1.165, 1.54) is 42.5 Å². The van der Waals surface area contributed by atoms with Crippen LogP contribution in [0.5, 0.6) is 0 Å². The molecule has 0 amide bonds. The summed E-state index contributed by atoms with van der Waals surface area (Å²) in [5, 5.41) is 10.2. The molecule has 0 radical (unpaired) electrons. The van der Waals surface area contributed by atoms with Crippen LogP contribution in [0, 0.1) is 0 Å². The third-order valence-corrected chi connectivity index (χ3v) is 3.87. The molecule has 0 aliphatic heterocycles. The molecule has 0 unspecified atom stereocenters. The van der Waals surface area contributed by atoms with E-state index >= 15 is 0 Å². The van der Waals surface area contributed by atoms with Crippen LogP contribution in [0.3, 0.4) is 0 Å². The first-order valence-electron chi connectivity index (χ1n) is 7.33. The molecule has 18 heavy (non-hydrogen) atoms. The fraction of sp³-hybridized carbons (Fsp3) is 0.625. The van der Waals surface area contributed by atoms with Crippen molar-refractivity contribution in [3.05, 3.63) is 29.3 Å². The summed E-state index contributed by atoms with van der Waals surface area (Å²) < 4.78 is 0. The third-order valence-electron chi connectivity index (χ3n) is 3.87. The molecule has 1 aromatic carbocycles. The number of aliphatic hydroxyl groups excluding tert-OH is 1. The normalized spacial score (nSPS) is 16.2. The lowest BCUT2D eigenvalue weighted by Gasteiger charge is -2.33. The molecular weight excluding hydrogens is 222 g/mol. The van der Waals surface area contributed by atoms with Crippen LogP contribution in [0.2, 0.25) is 0 Å². The van der Waals surface area contributed by atoms with Crippen LogP contribution in [-0.2, 0) is 12.8 Å². The van der Waals surface area contributed by atoms with E-state index in [1.54, 1.807) is 0 Å². The molecule has 0 bridgehead atoms. The molecule has 0 aromatic heterocycles. The maximum Gasteiger partial charge on any atom is 0.126 e. The van der Waals surface area contributed by atoms with E-state index < -0.39 is 0 Å². The van der Waals surface area contributed by atoms with Crippen LogP contribution < -0.4 is 4.90 Å². The highest BCUT2D eigenvalue weighted by molar-refractivity contribution is 5.58. The van der Waals surface area contributed by atoms with E-state index in [2.05, 4.69) is 30.0 Å². The summed E-state index contributed by atoms with van der Waals surface area (Å²) in [6, 6.07) is 6.57. The van der Waals surface area contributed by atoms with Gasteiger partial charge in [0.15, 0.2) is 0 Å². The minimum Gasteiger partial charge on any atom is -0.374 e. The quantitative estimate of drug-likeness (QED) is 0.805. The number of benzene rings is 1. The zero-order valence-corrected chi connectivity index (χ0v) is 11.7. The minimum absolute atomic E-state index is 0.349. The summed E-state index contributed by atoms with van der Waals surface area (Å²) >= 11 is 0. The molecule has 100 valence electrons. The summed E-state index contributed by atoms with van der Waals surface area (Å²) in [6.45, 7) is 5.15. The van der Waals surface area contributed by atoms with E-state index in [0.29, 0.717) is 0 Å². The average Bonchev–Trinajstić information content (AvgIpc) is 2.43. The van der Waals surface area contributed by atoms with E-state index in [9.17, 15) is 5.11 Å². The molecule has 2 nitrogen and oxygen atoms in total. The van der Waals surface area contributed by atoms with Crippen LogP contribution >= 0.6 is 0 Å². The number of aliphatic hydroxyl groups is 1. The Morgan fingerprint density at radius 3 is 2.72 bits per heavy atom. The van der Waals surface area contributed by atoms with Gasteiger partial charge in [0.25, 0.3) is 0 Å². The molecule has 2 rings (SSSR count). The van der Waals surface area contributed by atoms with E-state index in [0.717, 1.165) is 19.4 Å². The molecule has 0 heterocycles. The van der Waals surface area contributed by atoms with Crippen LogP contribution in [0.15, 0.2) is 18.2 Å². The summed E-state index contributed by atoms with van der Waals surface area (Å²) in [7, 11) is 0. The summed E-state index contributed by atoms with van der Waals surface area (Å²) in [5.74, 6) is 0. The first-order valence-corrected chi connectivity index (χ1v) is 7.33. The van der Waals surface area contributed by atoms with Gasteiger partial charge in [0.05, 0.1) is 0 Å². The van der Waals surface area contributed by atoms with Crippen molar-refractivity contribution in [1.82, 2.24) is 0 Å². The first-order chi connectivity index (χ1) is 8.77. The Morgan fingerprint density at radius 1 is 1.22 bits per heavy atom. The van der Waals surface area contributed by atoms with Crippen LogP contribution in [0.1, 0.15) is 50.7 Å². The number of fused-ring (bicyclic) bond motifs is 1. The molecule has 1 atom stereocenters. The van der Waals surface area contributed by atoms with Crippen molar-refractivity contribution in [2.45, 2.75) is 58.6 Å². The molecule has 1 aromatic rings. The van der Waals surface area contributed by atoms with Crippen LogP contribution in [0.4, 0.5) is 5.69 Å². The minimum atomic E-state index is -0.349. The fourth-order valence-electron chi connectivity index (χ4n) is 2.92. The van der Waals surface area contributed by atoms with E-state index in [-0.39, 0.29) is 6.23 Å². The van der Waals surface area contributed by atoms with Crippen molar-refractivity contribution in [3.8, 4) is 0 Å².